The number of carbonyl (C=O) groups excluding carboxylic acids is 1. The fraction of sp³-hybridized carbons (Fsp3) is 0.381. The van der Waals surface area contributed by atoms with Gasteiger partial charge in [0.05, 0.1) is 17.1 Å². The molecule has 2 aromatic carbocycles. The highest BCUT2D eigenvalue weighted by molar-refractivity contribution is 7.91. The van der Waals surface area contributed by atoms with E-state index in [1.165, 1.54) is 4.90 Å². The number of fused-ring (bicyclic) bond motifs is 1. The molecule has 2 aromatic rings. The first-order valence-corrected chi connectivity index (χ1v) is 11.0. The Bertz CT molecular complexity index is 987. The molecule has 0 spiro atoms. The number of nitrogens with zero attached hydrogens (tertiary/aromatic N) is 1. The maximum absolute atomic E-state index is 14.9. The fourth-order valence-electron chi connectivity index (χ4n) is 3.53. The van der Waals surface area contributed by atoms with Crippen molar-refractivity contribution in [2.45, 2.75) is 45.3 Å². The van der Waals surface area contributed by atoms with E-state index in [1.807, 2.05) is 32.9 Å². The van der Waals surface area contributed by atoms with Gasteiger partial charge in [0.15, 0.2) is 0 Å². The fourth-order valence-corrected chi connectivity index (χ4v) is 4.71. The SMILES string of the molecule is CCCN1C(=O)CC(C)c2cc(NS(=O)(=O)Cc3ccc(C)cc3)cc(F)c21. The summed E-state index contributed by atoms with van der Waals surface area (Å²) in [4.78, 5) is 13.8. The van der Waals surface area contributed by atoms with Crippen LogP contribution in [0.4, 0.5) is 15.8 Å². The number of halogens is 1. The Morgan fingerprint density at radius 3 is 2.54 bits per heavy atom. The highest BCUT2D eigenvalue weighted by Gasteiger charge is 2.31. The Balaban J connectivity index is 1.89. The molecule has 1 atom stereocenters. The third-order valence-corrected chi connectivity index (χ3v) is 6.13. The molecule has 1 heterocycles. The molecule has 0 saturated carbocycles. The van der Waals surface area contributed by atoms with Crippen molar-refractivity contribution >= 4 is 27.3 Å². The van der Waals surface area contributed by atoms with Crippen LogP contribution in [0.1, 0.15) is 49.3 Å². The van der Waals surface area contributed by atoms with E-state index in [4.69, 9.17) is 0 Å². The summed E-state index contributed by atoms with van der Waals surface area (Å²) in [6.45, 7) is 6.15. The number of rotatable bonds is 6. The zero-order valence-corrected chi connectivity index (χ0v) is 17.1. The van der Waals surface area contributed by atoms with Crippen molar-refractivity contribution in [3.05, 3.63) is 58.9 Å². The van der Waals surface area contributed by atoms with Crippen molar-refractivity contribution in [3.63, 3.8) is 0 Å². The van der Waals surface area contributed by atoms with Crippen LogP contribution in [0.15, 0.2) is 36.4 Å². The Morgan fingerprint density at radius 1 is 1.21 bits per heavy atom. The normalized spacial score (nSPS) is 16.8. The average molecular weight is 405 g/mol. The van der Waals surface area contributed by atoms with Crippen LogP contribution in [0.5, 0.6) is 0 Å². The van der Waals surface area contributed by atoms with Gasteiger partial charge in [-0.15, -0.1) is 0 Å². The maximum atomic E-state index is 14.9. The van der Waals surface area contributed by atoms with Gasteiger partial charge in [-0.2, -0.15) is 0 Å². The third kappa shape index (κ3) is 4.35. The lowest BCUT2D eigenvalue weighted by Gasteiger charge is -2.33. The Kier molecular flexibility index (Phi) is 5.74. The zero-order chi connectivity index (χ0) is 20.5. The molecule has 150 valence electrons. The summed E-state index contributed by atoms with van der Waals surface area (Å²) >= 11 is 0. The molecule has 1 amide bonds. The predicted octanol–water partition coefficient (Wildman–Crippen LogP) is 4.33. The molecule has 1 N–H and O–H groups in total. The standard InChI is InChI=1S/C21H25FN2O3S/c1-4-9-24-20(25)10-15(3)18-11-17(12-19(22)21(18)24)23-28(26,27)13-16-7-5-14(2)6-8-16/h5-8,11-12,15,23H,4,9-10,13H2,1-3H3. The van der Waals surface area contributed by atoms with Gasteiger partial charge < -0.3 is 4.90 Å². The highest BCUT2D eigenvalue weighted by Crippen LogP contribution is 2.39. The second kappa shape index (κ2) is 7.91. The lowest BCUT2D eigenvalue weighted by atomic mass is 9.90. The van der Waals surface area contributed by atoms with E-state index in [9.17, 15) is 17.6 Å². The van der Waals surface area contributed by atoms with Crippen molar-refractivity contribution in [1.29, 1.82) is 0 Å². The van der Waals surface area contributed by atoms with Crippen LogP contribution in [-0.4, -0.2) is 20.9 Å². The number of aryl methyl sites for hydroxylation is 1. The van der Waals surface area contributed by atoms with Crippen LogP contribution < -0.4 is 9.62 Å². The van der Waals surface area contributed by atoms with Gasteiger partial charge in [0.1, 0.15) is 5.82 Å². The summed E-state index contributed by atoms with van der Waals surface area (Å²) in [5.74, 6) is -1.05. The summed E-state index contributed by atoms with van der Waals surface area (Å²) in [5, 5.41) is 0. The Hall–Kier alpha value is -2.41. The number of hydrogen-bond donors (Lipinski definition) is 1. The maximum Gasteiger partial charge on any atom is 0.236 e. The van der Waals surface area contributed by atoms with E-state index in [0.29, 0.717) is 24.1 Å². The first-order valence-electron chi connectivity index (χ1n) is 9.40. The molecule has 0 saturated heterocycles. The molecule has 1 aliphatic rings. The molecule has 0 bridgehead atoms. The smallest absolute Gasteiger partial charge is 0.236 e. The van der Waals surface area contributed by atoms with Crippen LogP contribution in [0.25, 0.3) is 0 Å². The van der Waals surface area contributed by atoms with Gasteiger partial charge in [-0.1, -0.05) is 43.7 Å². The molecule has 5 nitrogen and oxygen atoms in total. The number of carbonyl (C=O) groups is 1. The lowest BCUT2D eigenvalue weighted by molar-refractivity contribution is -0.119. The van der Waals surface area contributed by atoms with Crippen molar-refractivity contribution in [2.75, 3.05) is 16.2 Å². The first kappa shape index (κ1) is 20.3. The van der Waals surface area contributed by atoms with E-state index < -0.39 is 15.8 Å². The third-order valence-electron chi connectivity index (χ3n) is 4.87. The number of benzene rings is 2. The topological polar surface area (TPSA) is 66.5 Å². The Morgan fingerprint density at radius 2 is 1.89 bits per heavy atom. The molecular weight excluding hydrogens is 379 g/mol. The van der Waals surface area contributed by atoms with Crippen LogP contribution >= 0.6 is 0 Å². The molecule has 0 aromatic heterocycles. The van der Waals surface area contributed by atoms with Gasteiger partial charge in [-0.05, 0) is 36.5 Å². The van der Waals surface area contributed by atoms with E-state index >= 15 is 0 Å². The number of anilines is 2. The van der Waals surface area contributed by atoms with E-state index in [2.05, 4.69) is 4.72 Å². The lowest BCUT2D eigenvalue weighted by Crippen LogP contribution is -2.37. The quantitative estimate of drug-likeness (QED) is 0.779. The largest absolute Gasteiger partial charge is 0.309 e. The molecule has 3 rings (SSSR count). The van der Waals surface area contributed by atoms with Crippen molar-refractivity contribution in [3.8, 4) is 0 Å². The summed E-state index contributed by atoms with van der Waals surface area (Å²) in [6, 6.07) is 10.0. The molecule has 0 aliphatic carbocycles. The number of hydrogen-bond acceptors (Lipinski definition) is 3. The summed E-state index contributed by atoms with van der Waals surface area (Å²) in [6.07, 6.45) is 0.996. The highest BCUT2D eigenvalue weighted by atomic mass is 32.2. The number of nitrogens with one attached hydrogen (secondary N) is 1. The molecule has 0 radical (unpaired) electrons. The van der Waals surface area contributed by atoms with Gasteiger partial charge in [0.2, 0.25) is 15.9 Å². The molecule has 28 heavy (non-hydrogen) atoms. The number of amides is 1. The minimum atomic E-state index is -3.69. The van der Waals surface area contributed by atoms with E-state index in [-0.39, 0.29) is 35.4 Å². The predicted molar refractivity (Wildman–Crippen MR) is 110 cm³/mol. The zero-order valence-electron chi connectivity index (χ0n) is 16.3. The van der Waals surface area contributed by atoms with Gasteiger partial charge in [-0.25, -0.2) is 12.8 Å². The molecule has 0 fully saturated rings. The van der Waals surface area contributed by atoms with Gasteiger partial charge in [-0.3, -0.25) is 9.52 Å². The van der Waals surface area contributed by atoms with Gasteiger partial charge >= 0.3 is 0 Å². The average Bonchev–Trinajstić information content (AvgIpc) is 2.60. The minimum Gasteiger partial charge on any atom is -0.309 e. The number of sulfonamides is 1. The van der Waals surface area contributed by atoms with Crippen LogP contribution in [0.3, 0.4) is 0 Å². The van der Waals surface area contributed by atoms with Crippen molar-refractivity contribution in [2.24, 2.45) is 0 Å². The van der Waals surface area contributed by atoms with Crippen LogP contribution in [-0.2, 0) is 20.6 Å². The second-order valence-electron chi connectivity index (χ2n) is 7.39. The molecule has 1 aliphatic heterocycles. The monoisotopic (exact) mass is 404 g/mol. The second-order valence-corrected chi connectivity index (χ2v) is 9.12. The molecule has 1 unspecified atom stereocenters. The van der Waals surface area contributed by atoms with Crippen LogP contribution in [0.2, 0.25) is 0 Å². The Labute approximate surface area is 165 Å². The van der Waals surface area contributed by atoms with E-state index in [0.717, 1.165) is 11.6 Å². The summed E-state index contributed by atoms with van der Waals surface area (Å²) in [5.41, 5.74) is 2.81. The van der Waals surface area contributed by atoms with E-state index in [1.54, 1.807) is 18.2 Å². The molecular formula is C21H25FN2O3S. The van der Waals surface area contributed by atoms with Gasteiger partial charge in [0.25, 0.3) is 0 Å². The summed E-state index contributed by atoms with van der Waals surface area (Å²) < 4.78 is 42.4. The van der Waals surface area contributed by atoms with Crippen molar-refractivity contribution < 1.29 is 17.6 Å². The van der Waals surface area contributed by atoms with Gasteiger partial charge in [0, 0.05) is 19.0 Å². The minimum absolute atomic E-state index is 0.103. The first-order chi connectivity index (χ1) is 13.2. The molecule has 7 heteroatoms. The van der Waals surface area contributed by atoms with Crippen molar-refractivity contribution in [1.82, 2.24) is 0 Å². The summed E-state index contributed by atoms with van der Waals surface area (Å²) in [7, 11) is -3.69. The van der Waals surface area contributed by atoms with Crippen LogP contribution in [0, 0.1) is 12.7 Å².